The maximum Gasteiger partial charge on any atom is 0.0333 e. The van der Waals surface area contributed by atoms with Crippen LogP contribution >= 0.6 is 0 Å². The molecule has 0 aromatic rings. The van der Waals surface area contributed by atoms with E-state index in [0.717, 1.165) is 18.4 Å². The van der Waals surface area contributed by atoms with Gasteiger partial charge in [0.1, 0.15) is 0 Å². The molecule has 2 aliphatic carbocycles. The summed E-state index contributed by atoms with van der Waals surface area (Å²) in [6, 6.07) is 0.581. The molecule has 0 aromatic heterocycles. The van der Waals surface area contributed by atoms with Crippen LogP contribution in [0.3, 0.4) is 0 Å². The summed E-state index contributed by atoms with van der Waals surface area (Å²) < 4.78 is 0. The van der Waals surface area contributed by atoms with Crippen LogP contribution in [0.15, 0.2) is 24.2 Å². The zero-order chi connectivity index (χ0) is 13.8. The minimum absolute atomic E-state index is 0.581. The Balaban J connectivity index is 1.96. The van der Waals surface area contributed by atoms with Gasteiger partial charge in [-0.15, -0.1) is 0 Å². The van der Waals surface area contributed by atoms with E-state index in [2.05, 4.69) is 37.6 Å². The number of hydrogen-bond acceptors (Lipinski definition) is 2. The van der Waals surface area contributed by atoms with Crippen molar-refractivity contribution in [2.75, 3.05) is 6.54 Å². The van der Waals surface area contributed by atoms with Gasteiger partial charge in [-0.1, -0.05) is 19.4 Å². The Morgan fingerprint density at radius 3 is 2.42 bits per heavy atom. The Hall–Kier alpha value is -0.920. The third-order valence-electron chi connectivity index (χ3n) is 5.00. The van der Waals surface area contributed by atoms with Crippen LogP contribution in [-0.4, -0.2) is 17.5 Å². The highest BCUT2D eigenvalue weighted by Crippen LogP contribution is 2.32. The van der Waals surface area contributed by atoms with Crippen molar-refractivity contribution in [3.63, 3.8) is 0 Å². The maximum atomic E-state index is 4.03. The summed E-state index contributed by atoms with van der Waals surface area (Å²) >= 11 is 0. The van der Waals surface area contributed by atoms with Crippen molar-refractivity contribution in [2.45, 2.75) is 65.3 Å². The SMILES string of the molecule is C=CN(/C(C)=C(\C)NCC1CC1)C(C)C1CCCC1. The molecule has 1 atom stereocenters. The quantitative estimate of drug-likeness (QED) is 0.737. The second-order valence-corrected chi connectivity index (χ2v) is 6.41. The maximum absolute atomic E-state index is 4.03. The van der Waals surface area contributed by atoms with Crippen LogP contribution in [0.1, 0.15) is 59.3 Å². The number of allylic oxidation sites excluding steroid dienone is 2. The van der Waals surface area contributed by atoms with E-state index in [4.69, 9.17) is 0 Å². The molecule has 0 radical (unpaired) electrons. The summed E-state index contributed by atoms with van der Waals surface area (Å²) in [5.41, 5.74) is 2.66. The van der Waals surface area contributed by atoms with E-state index in [1.807, 2.05) is 6.20 Å². The standard InChI is InChI=1S/C17H30N2/c1-5-19(15(4)17-8-6-7-9-17)14(3)13(2)18-12-16-10-11-16/h5,15-18H,1,6-12H2,2-4H3/b14-13+. The summed E-state index contributed by atoms with van der Waals surface area (Å²) in [7, 11) is 0. The molecule has 0 saturated heterocycles. The summed E-state index contributed by atoms with van der Waals surface area (Å²) in [5, 5.41) is 3.59. The molecule has 0 aliphatic heterocycles. The Bertz CT molecular complexity index is 335. The zero-order valence-corrected chi connectivity index (χ0v) is 12.9. The first-order valence-electron chi connectivity index (χ1n) is 7.95. The smallest absolute Gasteiger partial charge is 0.0333 e. The van der Waals surface area contributed by atoms with Crippen molar-refractivity contribution < 1.29 is 0 Å². The van der Waals surface area contributed by atoms with Crippen LogP contribution in [-0.2, 0) is 0 Å². The van der Waals surface area contributed by atoms with Gasteiger partial charge < -0.3 is 10.2 Å². The van der Waals surface area contributed by atoms with Crippen molar-refractivity contribution in [3.05, 3.63) is 24.2 Å². The number of hydrogen-bond donors (Lipinski definition) is 1. The summed E-state index contributed by atoms with van der Waals surface area (Å²) in [6.45, 7) is 12.0. The lowest BCUT2D eigenvalue weighted by atomic mass is 9.98. The molecule has 1 unspecified atom stereocenters. The van der Waals surface area contributed by atoms with Crippen molar-refractivity contribution in [3.8, 4) is 0 Å². The van der Waals surface area contributed by atoms with Gasteiger partial charge in [-0.3, -0.25) is 0 Å². The highest BCUT2D eigenvalue weighted by molar-refractivity contribution is 5.11. The molecule has 2 nitrogen and oxygen atoms in total. The largest absolute Gasteiger partial charge is 0.387 e. The fourth-order valence-corrected chi connectivity index (χ4v) is 3.22. The van der Waals surface area contributed by atoms with Crippen LogP contribution in [0.5, 0.6) is 0 Å². The fraction of sp³-hybridized carbons (Fsp3) is 0.765. The topological polar surface area (TPSA) is 15.3 Å². The van der Waals surface area contributed by atoms with Gasteiger partial charge in [0.15, 0.2) is 0 Å². The number of nitrogens with one attached hydrogen (secondary N) is 1. The molecule has 19 heavy (non-hydrogen) atoms. The van der Waals surface area contributed by atoms with E-state index in [-0.39, 0.29) is 0 Å². The Morgan fingerprint density at radius 1 is 1.26 bits per heavy atom. The van der Waals surface area contributed by atoms with E-state index in [9.17, 15) is 0 Å². The Kier molecular flexibility index (Phi) is 4.95. The highest BCUT2D eigenvalue weighted by Gasteiger charge is 2.26. The summed E-state index contributed by atoms with van der Waals surface area (Å²) in [4.78, 5) is 2.38. The molecule has 2 saturated carbocycles. The van der Waals surface area contributed by atoms with Crippen LogP contribution in [0.25, 0.3) is 0 Å². The first-order valence-corrected chi connectivity index (χ1v) is 7.95. The van der Waals surface area contributed by atoms with Crippen molar-refractivity contribution >= 4 is 0 Å². The molecule has 1 N–H and O–H groups in total. The molecular weight excluding hydrogens is 232 g/mol. The normalized spacial score (nSPS) is 22.9. The summed E-state index contributed by atoms with van der Waals surface area (Å²) in [6.07, 6.45) is 10.4. The molecule has 0 spiro atoms. The molecule has 0 bridgehead atoms. The average molecular weight is 262 g/mol. The van der Waals surface area contributed by atoms with E-state index in [1.165, 1.54) is 49.9 Å². The molecule has 2 heteroatoms. The molecule has 2 aliphatic rings. The lowest BCUT2D eigenvalue weighted by Crippen LogP contribution is -2.34. The first-order chi connectivity index (χ1) is 9.13. The van der Waals surface area contributed by atoms with Crippen molar-refractivity contribution in [2.24, 2.45) is 11.8 Å². The molecule has 2 fully saturated rings. The lowest BCUT2D eigenvalue weighted by molar-refractivity contribution is 0.260. The highest BCUT2D eigenvalue weighted by atomic mass is 15.2. The third kappa shape index (κ3) is 3.77. The average Bonchev–Trinajstić information content (AvgIpc) is 3.08. The van der Waals surface area contributed by atoms with Crippen molar-refractivity contribution in [1.82, 2.24) is 10.2 Å². The number of rotatable bonds is 7. The van der Waals surface area contributed by atoms with Crippen LogP contribution < -0.4 is 5.32 Å². The van der Waals surface area contributed by atoms with Gasteiger partial charge >= 0.3 is 0 Å². The van der Waals surface area contributed by atoms with Crippen LogP contribution in [0.2, 0.25) is 0 Å². The van der Waals surface area contributed by atoms with Gasteiger partial charge in [0.25, 0.3) is 0 Å². The van der Waals surface area contributed by atoms with E-state index < -0.39 is 0 Å². The minimum atomic E-state index is 0.581. The predicted octanol–water partition coefficient (Wildman–Crippen LogP) is 4.26. The molecule has 0 heterocycles. The molecule has 0 amide bonds. The van der Waals surface area contributed by atoms with Crippen molar-refractivity contribution in [1.29, 1.82) is 0 Å². The van der Waals surface area contributed by atoms with Gasteiger partial charge in [0, 0.05) is 24.0 Å². The summed E-state index contributed by atoms with van der Waals surface area (Å²) in [5.74, 6) is 1.76. The lowest BCUT2D eigenvalue weighted by Gasteiger charge is -2.33. The van der Waals surface area contributed by atoms with Gasteiger partial charge in [-0.2, -0.15) is 0 Å². The fourth-order valence-electron chi connectivity index (χ4n) is 3.22. The van der Waals surface area contributed by atoms with Gasteiger partial charge in [-0.05, 0) is 64.5 Å². The van der Waals surface area contributed by atoms with Gasteiger partial charge in [0.2, 0.25) is 0 Å². The van der Waals surface area contributed by atoms with E-state index in [0.29, 0.717) is 6.04 Å². The predicted molar refractivity (Wildman–Crippen MR) is 82.6 cm³/mol. The third-order valence-corrected chi connectivity index (χ3v) is 5.00. The molecular formula is C17H30N2. The molecule has 2 rings (SSSR count). The number of nitrogens with zero attached hydrogens (tertiary/aromatic N) is 1. The Labute approximate surface area is 118 Å². The zero-order valence-electron chi connectivity index (χ0n) is 12.9. The van der Waals surface area contributed by atoms with Crippen LogP contribution in [0.4, 0.5) is 0 Å². The second kappa shape index (κ2) is 6.49. The molecule has 0 aromatic carbocycles. The van der Waals surface area contributed by atoms with Gasteiger partial charge in [0.05, 0.1) is 0 Å². The van der Waals surface area contributed by atoms with E-state index in [1.54, 1.807) is 0 Å². The van der Waals surface area contributed by atoms with Crippen LogP contribution in [0, 0.1) is 11.8 Å². The van der Waals surface area contributed by atoms with Gasteiger partial charge in [-0.25, -0.2) is 0 Å². The first kappa shape index (κ1) is 14.5. The molecule has 108 valence electrons. The van der Waals surface area contributed by atoms with E-state index >= 15 is 0 Å². The second-order valence-electron chi connectivity index (χ2n) is 6.41. The Morgan fingerprint density at radius 2 is 1.89 bits per heavy atom. The monoisotopic (exact) mass is 262 g/mol. The minimum Gasteiger partial charge on any atom is -0.387 e.